The second kappa shape index (κ2) is 6.94. The van der Waals surface area contributed by atoms with E-state index < -0.39 is 0 Å². The first-order valence-electron chi connectivity index (χ1n) is 9.35. The highest BCUT2D eigenvalue weighted by Gasteiger charge is 2.28. The van der Waals surface area contributed by atoms with E-state index in [-0.39, 0.29) is 11.7 Å². The Balaban J connectivity index is 1.41. The lowest BCUT2D eigenvalue weighted by atomic mass is 9.95. The van der Waals surface area contributed by atoms with Crippen LogP contribution in [0.5, 0.6) is 0 Å². The zero-order valence-electron chi connectivity index (χ0n) is 15.1. The first kappa shape index (κ1) is 16.8. The number of aryl methyl sites for hydroxylation is 1. The van der Waals surface area contributed by atoms with Crippen molar-refractivity contribution in [1.82, 2.24) is 15.1 Å². The largest absolute Gasteiger partial charge is 0.368 e. The molecule has 0 bridgehead atoms. The van der Waals surface area contributed by atoms with Crippen LogP contribution in [0.25, 0.3) is 0 Å². The van der Waals surface area contributed by atoms with Crippen LogP contribution in [0.3, 0.4) is 0 Å². The number of hydrogen-bond acceptors (Lipinski definition) is 4. The van der Waals surface area contributed by atoms with Gasteiger partial charge in [0.05, 0.1) is 0 Å². The van der Waals surface area contributed by atoms with Gasteiger partial charge in [-0.25, -0.2) is 0 Å². The zero-order valence-corrected chi connectivity index (χ0v) is 15.1. The number of rotatable bonds is 3. The molecule has 1 amide bonds. The summed E-state index contributed by atoms with van der Waals surface area (Å²) in [6.07, 6.45) is 4.26. The number of Topliss-reactive ketones (excluding diaryl/α,β-unsaturated/α-hetero) is 1. The normalized spacial score (nSPS) is 17.1. The second-order valence-electron chi connectivity index (χ2n) is 7.12. The van der Waals surface area contributed by atoms with Crippen LogP contribution in [-0.4, -0.2) is 53.0 Å². The molecule has 6 nitrogen and oxygen atoms in total. The van der Waals surface area contributed by atoms with Crippen LogP contribution in [-0.2, 0) is 12.8 Å². The summed E-state index contributed by atoms with van der Waals surface area (Å²) in [4.78, 5) is 28.4. The van der Waals surface area contributed by atoms with Gasteiger partial charge in [0.25, 0.3) is 5.91 Å². The van der Waals surface area contributed by atoms with Crippen molar-refractivity contribution in [1.29, 1.82) is 0 Å². The van der Waals surface area contributed by atoms with Gasteiger partial charge < -0.3 is 9.80 Å². The van der Waals surface area contributed by atoms with Gasteiger partial charge in [0.1, 0.15) is 0 Å². The Kier molecular flexibility index (Phi) is 4.49. The van der Waals surface area contributed by atoms with Gasteiger partial charge in [-0.05, 0) is 56.9 Å². The van der Waals surface area contributed by atoms with Crippen LogP contribution in [0, 0.1) is 0 Å². The average Bonchev–Trinajstić information content (AvgIpc) is 3.12. The summed E-state index contributed by atoms with van der Waals surface area (Å²) < 4.78 is 0. The van der Waals surface area contributed by atoms with Gasteiger partial charge in [0, 0.05) is 48.7 Å². The van der Waals surface area contributed by atoms with Crippen LogP contribution in [0.4, 0.5) is 5.69 Å². The first-order chi connectivity index (χ1) is 12.6. The number of nitrogens with one attached hydrogen (secondary N) is 1. The summed E-state index contributed by atoms with van der Waals surface area (Å²) in [7, 11) is 0. The molecule has 1 aromatic heterocycles. The predicted molar refractivity (Wildman–Crippen MR) is 99.8 cm³/mol. The molecule has 26 heavy (non-hydrogen) atoms. The van der Waals surface area contributed by atoms with E-state index >= 15 is 0 Å². The third kappa shape index (κ3) is 3.11. The van der Waals surface area contributed by atoms with Gasteiger partial charge in [0.15, 0.2) is 11.5 Å². The number of H-pyrrole nitrogens is 1. The van der Waals surface area contributed by atoms with Crippen molar-refractivity contribution in [2.45, 2.75) is 32.6 Å². The molecule has 2 aromatic rings. The number of carbonyl (C=O) groups excluding carboxylic acids is 2. The number of aromatic amines is 1. The van der Waals surface area contributed by atoms with E-state index in [0.29, 0.717) is 18.8 Å². The molecule has 1 aliphatic heterocycles. The number of aromatic nitrogens is 2. The van der Waals surface area contributed by atoms with E-state index in [1.807, 2.05) is 29.2 Å². The molecule has 1 fully saturated rings. The number of nitrogens with zero attached hydrogens (tertiary/aromatic N) is 3. The van der Waals surface area contributed by atoms with Crippen LogP contribution in [0.2, 0.25) is 0 Å². The number of ketones is 1. The molecule has 0 radical (unpaired) electrons. The van der Waals surface area contributed by atoms with Gasteiger partial charge in [-0.2, -0.15) is 5.10 Å². The molecule has 6 heteroatoms. The van der Waals surface area contributed by atoms with Crippen LogP contribution in [0.15, 0.2) is 24.3 Å². The lowest BCUT2D eigenvalue weighted by Gasteiger charge is -2.36. The molecule has 1 saturated heterocycles. The minimum atomic E-state index is 0.0518. The fraction of sp³-hybridized carbons (Fsp3) is 0.450. The third-order valence-corrected chi connectivity index (χ3v) is 5.46. The minimum Gasteiger partial charge on any atom is -0.368 e. The zero-order chi connectivity index (χ0) is 18.1. The molecule has 4 rings (SSSR count). The van der Waals surface area contributed by atoms with Crippen molar-refractivity contribution >= 4 is 17.4 Å². The predicted octanol–water partition coefficient (Wildman–Crippen LogP) is 2.45. The molecule has 0 spiro atoms. The van der Waals surface area contributed by atoms with E-state index in [9.17, 15) is 9.59 Å². The average molecular weight is 352 g/mol. The molecule has 0 atom stereocenters. The number of piperazine rings is 1. The van der Waals surface area contributed by atoms with Gasteiger partial charge in [0.2, 0.25) is 0 Å². The quantitative estimate of drug-likeness (QED) is 0.862. The second-order valence-corrected chi connectivity index (χ2v) is 7.12. The van der Waals surface area contributed by atoms with Crippen LogP contribution < -0.4 is 4.90 Å². The Bertz CT molecular complexity index is 817. The Morgan fingerprint density at radius 3 is 2.38 bits per heavy atom. The summed E-state index contributed by atoms with van der Waals surface area (Å²) in [5.41, 5.74) is 4.72. The molecular formula is C20H24N4O2. The number of amides is 1. The van der Waals surface area contributed by atoms with Crippen molar-refractivity contribution in [3.05, 3.63) is 46.8 Å². The number of hydrogen-bond donors (Lipinski definition) is 1. The minimum absolute atomic E-state index is 0.0518. The monoisotopic (exact) mass is 352 g/mol. The molecule has 1 aliphatic carbocycles. The Hall–Kier alpha value is -2.63. The van der Waals surface area contributed by atoms with E-state index in [0.717, 1.165) is 54.9 Å². The molecule has 0 unspecified atom stereocenters. The summed E-state index contributed by atoms with van der Waals surface area (Å²) in [5, 5.41) is 7.37. The molecule has 0 saturated carbocycles. The fourth-order valence-corrected chi connectivity index (χ4v) is 3.88. The van der Waals surface area contributed by atoms with Crippen LogP contribution in [0.1, 0.15) is 51.9 Å². The maximum Gasteiger partial charge on any atom is 0.274 e. The highest BCUT2D eigenvalue weighted by molar-refractivity contribution is 5.95. The number of carbonyl (C=O) groups is 2. The smallest absolute Gasteiger partial charge is 0.274 e. The van der Waals surface area contributed by atoms with Crippen molar-refractivity contribution in [3.8, 4) is 0 Å². The van der Waals surface area contributed by atoms with E-state index in [1.54, 1.807) is 6.92 Å². The highest BCUT2D eigenvalue weighted by Crippen LogP contribution is 2.24. The lowest BCUT2D eigenvalue weighted by molar-refractivity contribution is 0.0739. The SMILES string of the molecule is CC(=O)c1ccc(N2CCN(C(=O)c3n[nH]c4c3CCCC4)CC2)cc1. The summed E-state index contributed by atoms with van der Waals surface area (Å²) in [5.74, 6) is 0.130. The summed E-state index contributed by atoms with van der Waals surface area (Å²) >= 11 is 0. The van der Waals surface area contributed by atoms with Gasteiger partial charge in [-0.15, -0.1) is 0 Å². The third-order valence-electron chi connectivity index (χ3n) is 5.46. The van der Waals surface area contributed by atoms with Gasteiger partial charge in [-0.1, -0.05) is 0 Å². The summed E-state index contributed by atoms with van der Waals surface area (Å²) in [6, 6.07) is 7.70. The van der Waals surface area contributed by atoms with Crippen LogP contribution >= 0.6 is 0 Å². The molecular weight excluding hydrogens is 328 g/mol. The lowest BCUT2D eigenvalue weighted by Crippen LogP contribution is -2.49. The van der Waals surface area contributed by atoms with Crippen molar-refractivity contribution in [2.24, 2.45) is 0 Å². The van der Waals surface area contributed by atoms with Crippen molar-refractivity contribution in [2.75, 3.05) is 31.1 Å². The van der Waals surface area contributed by atoms with Crippen molar-refractivity contribution in [3.63, 3.8) is 0 Å². The molecule has 136 valence electrons. The summed E-state index contributed by atoms with van der Waals surface area (Å²) in [6.45, 7) is 4.53. The topological polar surface area (TPSA) is 69.3 Å². The van der Waals surface area contributed by atoms with Gasteiger partial charge in [-0.3, -0.25) is 14.7 Å². The van der Waals surface area contributed by atoms with E-state index in [2.05, 4.69) is 15.1 Å². The Labute approximate surface area is 153 Å². The molecule has 2 aliphatic rings. The van der Waals surface area contributed by atoms with Crippen molar-refractivity contribution < 1.29 is 9.59 Å². The standard InChI is InChI=1S/C20H24N4O2/c1-14(25)15-6-8-16(9-7-15)23-10-12-24(13-11-23)20(26)19-17-4-2-3-5-18(17)21-22-19/h6-9H,2-5,10-13H2,1H3,(H,21,22). The Morgan fingerprint density at radius 2 is 1.69 bits per heavy atom. The fourth-order valence-electron chi connectivity index (χ4n) is 3.88. The number of fused-ring (bicyclic) bond motifs is 1. The highest BCUT2D eigenvalue weighted by atomic mass is 16.2. The maximum absolute atomic E-state index is 12.9. The maximum atomic E-state index is 12.9. The Morgan fingerprint density at radius 1 is 1.00 bits per heavy atom. The van der Waals surface area contributed by atoms with E-state index in [4.69, 9.17) is 0 Å². The molecule has 1 N–H and O–H groups in total. The molecule has 1 aromatic carbocycles. The molecule has 2 heterocycles. The van der Waals surface area contributed by atoms with Gasteiger partial charge >= 0.3 is 0 Å². The number of anilines is 1. The van der Waals surface area contributed by atoms with E-state index in [1.165, 1.54) is 6.42 Å². The first-order valence-corrected chi connectivity index (χ1v) is 9.35. The number of benzene rings is 1.